The summed E-state index contributed by atoms with van der Waals surface area (Å²) < 4.78 is 5.61. The summed E-state index contributed by atoms with van der Waals surface area (Å²) in [6, 6.07) is 9.80. The van der Waals surface area contributed by atoms with E-state index in [1.54, 1.807) is 7.05 Å². The van der Waals surface area contributed by atoms with Crippen LogP contribution in [-0.4, -0.2) is 44.8 Å². The predicted molar refractivity (Wildman–Crippen MR) is 89.1 cm³/mol. The van der Waals surface area contributed by atoms with Crippen molar-refractivity contribution in [3.05, 3.63) is 30.3 Å². The van der Waals surface area contributed by atoms with Crippen molar-refractivity contribution in [3.63, 3.8) is 0 Å². The van der Waals surface area contributed by atoms with Crippen LogP contribution in [0.15, 0.2) is 35.3 Å². The molecule has 0 saturated heterocycles. The number of guanidine groups is 1. The molecule has 0 bridgehead atoms. The van der Waals surface area contributed by atoms with Crippen LogP contribution in [-0.2, 0) is 0 Å². The molecule has 0 aromatic heterocycles. The van der Waals surface area contributed by atoms with E-state index >= 15 is 0 Å². The molecule has 118 valence electrons. The first-order valence-electron chi connectivity index (χ1n) is 7.38. The maximum atomic E-state index is 5.61. The lowest BCUT2D eigenvalue weighted by Crippen LogP contribution is -2.45. The van der Waals surface area contributed by atoms with Gasteiger partial charge >= 0.3 is 0 Å². The average molecular weight is 292 g/mol. The van der Waals surface area contributed by atoms with Crippen molar-refractivity contribution in [1.82, 2.24) is 16.0 Å². The van der Waals surface area contributed by atoms with E-state index < -0.39 is 0 Å². The van der Waals surface area contributed by atoms with Crippen molar-refractivity contribution >= 4 is 5.96 Å². The summed E-state index contributed by atoms with van der Waals surface area (Å²) in [6.45, 7) is 9.50. The molecule has 21 heavy (non-hydrogen) atoms. The molecule has 0 radical (unpaired) electrons. The molecule has 5 nitrogen and oxygen atoms in total. The minimum atomic E-state index is 0.141. The summed E-state index contributed by atoms with van der Waals surface area (Å²) in [4.78, 5) is 4.18. The van der Waals surface area contributed by atoms with Crippen molar-refractivity contribution in [2.45, 2.75) is 26.3 Å². The van der Waals surface area contributed by atoms with E-state index in [-0.39, 0.29) is 5.54 Å². The highest BCUT2D eigenvalue weighted by atomic mass is 16.5. The Hall–Kier alpha value is -1.75. The van der Waals surface area contributed by atoms with Crippen molar-refractivity contribution < 1.29 is 4.74 Å². The number of aliphatic imine (C=N–C) groups is 1. The minimum absolute atomic E-state index is 0.141. The number of benzene rings is 1. The van der Waals surface area contributed by atoms with E-state index in [2.05, 4.69) is 41.7 Å². The molecule has 1 aromatic carbocycles. The number of ether oxygens (including phenoxy) is 1. The molecule has 0 aliphatic heterocycles. The third kappa shape index (κ3) is 8.92. The summed E-state index contributed by atoms with van der Waals surface area (Å²) in [7, 11) is 1.77. The monoisotopic (exact) mass is 292 g/mol. The van der Waals surface area contributed by atoms with Crippen LogP contribution in [0.4, 0.5) is 0 Å². The van der Waals surface area contributed by atoms with Gasteiger partial charge in [-0.1, -0.05) is 18.2 Å². The van der Waals surface area contributed by atoms with E-state index in [1.807, 2.05) is 30.3 Å². The number of hydrogen-bond acceptors (Lipinski definition) is 3. The zero-order chi connectivity index (χ0) is 15.6. The van der Waals surface area contributed by atoms with Gasteiger partial charge < -0.3 is 20.7 Å². The van der Waals surface area contributed by atoms with Crippen LogP contribution in [0.25, 0.3) is 0 Å². The quantitative estimate of drug-likeness (QED) is 0.406. The second-order valence-electron chi connectivity index (χ2n) is 5.76. The average Bonchev–Trinajstić information content (AvgIpc) is 2.45. The van der Waals surface area contributed by atoms with Crippen LogP contribution >= 0.6 is 0 Å². The zero-order valence-electron chi connectivity index (χ0n) is 13.6. The molecule has 0 aliphatic carbocycles. The SMILES string of the molecule is CN=C(NCCNC(C)(C)C)NCCOc1ccccc1. The summed E-state index contributed by atoms with van der Waals surface area (Å²) in [5, 5.41) is 9.91. The molecule has 0 heterocycles. The minimum Gasteiger partial charge on any atom is -0.492 e. The van der Waals surface area contributed by atoms with Crippen LogP contribution in [0.5, 0.6) is 5.75 Å². The lowest BCUT2D eigenvalue weighted by Gasteiger charge is -2.21. The highest BCUT2D eigenvalue weighted by molar-refractivity contribution is 5.79. The maximum absolute atomic E-state index is 5.61. The molecular weight excluding hydrogens is 264 g/mol. The molecule has 5 heteroatoms. The van der Waals surface area contributed by atoms with Crippen molar-refractivity contribution in [1.29, 1.82) is 0 Å². The number of nitrogens with one attached hydrogen (secondary N) is 3. The maximum Gasteiger partial charge on any atom is 0.191 e. The van der Waals surface area contributed by atoms with E-state index in [0.717, 1.165) is 24.8 Å². The van der Waals surface area contributed by atoms with Gasteiger partial charge in [0.2, 0.25) is 0 Å². The van der Waals surface area contributed by atoms with E-state index in [4.69, 9.17) is 4.74 Å². The van der Waals surface area contributed by atoms with Gasteiger partial charge in [0, 0.05) is 25.7 Å². The lowest BCUT2D eigenvalue weighted by atomic mass is 10.1. The van der Waals surface area contributed by atoms with Gasteiger partial charge in [-0.25, -0.2) is 0 Å². The van der Waals surface area contributed by atoms with Crippen molar-refractivity contribution in [2.24, 2.45) is 4.99 Å². The highest BCUT2D eigenvalue weighted by Crippen LogP contribution is 2.07. The van der Waals surface area contributed by atoms with Crippen LogP contribution < -0.4 is 20.7 Å². The highest BCUT2D eigenvalue weighted by Gasteiger charge is 2.07. The Morgan fingerprint density at radius 3 is 2.33 bits per heavy atom. The molecule has 1 aromatic rings. The normalized spacial score (nSPS) is 12.1. The second kappa shape index (κ2) is 9.23. The molecule has 1 rings (SSSR count). The Bertz CT molecular complexity index is 412. The summed E-state index contributed by atoms with van der Waals surface area (Å²) in [5.74, 6) is 1.68. The van der Waals surface area contributed by atoms with Crippen LogP contribution in [0, 0.1) is 0 Å². The Balaban J connectivity index is 2.11. The van der Waals surface area contributed by atoms with Gasteiger partial charge in [-0.05, 0) is 32.9 Å². The van der Waals surface area contributed by atoms with Gasteiger partial charge in [0.05, 0.1) is 6.54 Å². The largest absolute Gasteiger partial charge is 0.492 e. The summed E-state index contributed by atoms with van der Waals surface area (Å²) >= 11 is 0. The lowest BCUT2D eigenvalue weighted by molar-refractivity contribution is 0.322. The summed E-state index contributed by atoms with van der Waals surface area (Å²) in [6.07, 6.45) is 0. The molecule has 0 saturated carbocycles. The van der Waals surface area contributed by atoms with Crippen LogP contribution in [0.1, 0.15) is 20.8 Å². The first kappa shape index (κ1) is 17.3. The van der Waals surface area contributed by atoms with Gasteiger partial charge in [0.1, 0.15) is 12.4 Å². The van der Waals surface area contributed by atoms with Gasteiger partial charge in [0.25, 0.3) is 0 Å². The molecular formula is C16H28N4O. The number of nitrogens with zero attached hydrogens (tertiary/aromatic N) is 1. The molecule has 0 unspecified atom stereocenters. The van der Waals surface area contributed by atoms with Crippen molar-refractivity contribution in [3.8, 4) is 5.75 Å². The van der Waals surface area contributed by atoms with Crippen molar-refractivity contribution in [2.75, 3.05) is 33.3 Å². The van der Waals surface area contributed by atoms with Gasteiger partial charge in [-0.2, -0.15) is 0 Å². The molecule has 0 fully saturated rings. The topological polar surface area (TPSA) is 57.7 Å². The fourth-order valence-electron chi connectivity index (χ4n) is 1.69. The van der Waals surface area contributed by atoms with E-state index in [9.17, 15) is 0 Å². The summed E-state index contributed by atoms with van der Waals surface area (Å²) in [5.41, 5.74) is 0.141. The number of rotatable bonds is 7. The molecule has 3 N–H and O–H groups in total. The fraction of sp³-hybridized carbons (Fsp3) is 0.562. The second-order valence-corrected chi connectivity index (χ2v) is 5.76. The van der Waals surface area contributed by atoms with E-state index in [1.165, 1.54) is 0 Å². The molecule has 0 spiro atoms. The Morgan fingerprint density at radius 2 is 1.71 bits per heavy atom. The molecule has 0 aliphatic rings. The Kier molecular flexibility index (Phi) is 7.61. The smallest absolute Gasteiger partial charge is 0.191 e. The number of para-hydroxylation sites is 1. The fourth-order valence-corrected chi connectivity index (χ4v) is 1.69. The Labute approximate surface area is 128 Å². The third-order valence-electron chi connectivity index (χ3n) is 2.70. The van der Waals surface area contributed by atoms with Gasteiger partial charge in [-0.15, -0.1) is 0 Å². The first-order chi connectivity index (χ1) is 10.0. The molecule has 0 amide bonds. The number of hydrogen-bond donors (Lipinski definition) is 3. The predicted octanol–water partition coefficient (Wildman–Crippen LogP) is 1.62. The van der Waals surface area contributed by atoms with E-state index in [0.29, 0.717) is 13.2 Å². The van der Waals surface area contributed by atoms with Crippen LogP contribution in [0.2, 0.25) is 0 Å². The van der Waals surface area contributed by atoms with Gasteiger partial charge in [-0.3, -0.25) is 4.99 Å². The van der Waals surface area contributed by atoms with Gasteiger partial charge in [0.15, 0.2) is 5.96 Å². The first-order valence-corrected chi connectivity index (χ1v) is 7.38. The Morgan fingerprint density at radius 1 is 1.05 bits per heavy atom. The standard InChI is InChI=1S/C16H28N4O/c1-16(2,3)20-11-10-18-15(17-4)19-12-13-21-14-8-6-5-7-9-14/h5-9,20H,10-13H2,1-4H3,(H2,17,18,19). The molecule has 0 atom stereocenters. The third-order valence-corrected chi connectivity index (χ3v) is 2.70. The van der Waals surface area contributed by atoms with Crippen LogP contribution in [0.3, 0.4) is 0 Å². The zero-order valence-corrected chi connectivity index (χ0v) is 13.6.